The van der Waals surface area contributed by atoms with Crippen molar-refractivity contribution in [3.63, 3.8) is 0 Å². The lowest BCUT2D eigenvalue weighted by Gasteiger charge is -2.18. The number of carbonyl (C=O) groups is 2. The van der Waals surface area contributed by atoms with E-state index in [2.05, 4.69) is 5.32 Å². The molecule has 8 heteroatoms. The smallest absolute Gasteiger partial charge is 0.326 e. The molecule has 1 aromatic rings. The monoisotopic (exact) mass is 353 g/mol. The Balaban J connectivity index is 2.67. The van der Waals surface area contributed by atoms with Gasteiger partial charge in [-0.25, -0.2) is 4.79 Å². The van der Waals surface area contributed by atoms with Crippen LogP contribution < -0.4 is 10.1 Å². The molecule has 0 fully saturated rings. The number of benzene rings is 1. The Morgan fingerprint density at radius 2 is 1.76 bits per heavy atom. The molecule has 1 aromatic carbocycles. The minimum absolute atomic E-state index is 0.120. The van der Waals surface area contributed by atoms with Crippen molar-refractivity contribution in [2.45, 2.75) is 19.9 Å². The molecular weight excluding hydrogens is 341 g/mol. The lowest BCUT2D eigenvalue weighted by molar-refractivity contribution is -0.143. The molecule has 2 N–H and O–H groups in total. The molecule has 0 aliphatic heterocycles. The van der Waals surface area contributed by atoms with Gasteiger partial charge in [0, 0.05) is 5.02 Å². The number of carbonyl (C=O) groups excluding carboxylic acids is 1. The SMILES string of the molecule is CC(C)C(NC(=O)COc1c(Cl)cc(Cl)cc1Cl)C(=O)O. The van der Waals surface area contributed by atoms with E-state index >= 15 is 0 Å². The van der Waals surface area contributed by atoms with E-state index < -0.39 is 24.5 Å². The average molecular weight is 355 g/mol. The van der Waals surface area contributed by atoms with Crippen molar-refractivity contribution in [2.24, 2.45) is 5.92 Å². The molecule has 21 heavy (non-hydrogen) atoms. The molecule has 0 heterocycles. The summed E-state index contributed by atoms with van der Waals surface area (Å²) in [7, 11) is 0. The van der Waals surface area contributed by atoms with Crippen LogP contribution in [0.5, 0.6) is 5.75 Å². The summed E-state index contributed by atoms with van der Waals surface area (Å²) in [5.74, 6) is -1.83. The van der Waals surface area contributed by atoms with Crippen molar-refractivity contribution in [1.82, 2.24) is 5.32 Å². The van der Waals surface area contributed by atoms with Gasteiger partial charge in [-0.3, -0.25) is 4.79 Å². The van der Waals surface area contributed by atoms with Crippen molar-refractivity contribution in [1.29, 1.82) is 0 Å². The zero-order chi connectivity index (χ0) is 16.2. The standard InChI is InChI=1S/C13H14Cl3NO4/c1-6(2)11(13(19)20)17-10(18)5-21-12-8(15)3-7(14)4-9(12)16/h3-4,6,11H,5H2,1-2H3,(H,17,18)(H,19,20). The highest BCUT2D eigenvalue weighted by atomic mass is 35.5. The highest BCUT2D eigenvalue weighted by molar-refractivity contribution is 6.40. The number of hydrogen-bond donors (Lipinski definition) is 2. The predicted molar refractivity (Wildman–Crippen MR) is 81.4 cm³/mol. The zero-order valence-electron chi connectivity index (χ0n) is 11.3. The predicted octanol–water partition coefficient (Wildman–Crippen LogP) is 3.25. The number of halogens is 3. The maximum atomic E-state index is 11.7. The van der Waals surface area contributed by atoms with Gasteiger partial charge in [-0.15, -0.1) is 0 Å². The number of ether oxygens (including phenoxy) is 1. The Labute approximate surface area is 137 Å². The van der Waals surface area contributed by atoms with Crippen LogP contribution in [0.15, 0.2) is 12.1 Å². The second kappa shape index (κ2) is 7.73. The fraction of sp³-hybridized carbons (Fsp3) is 0.385. The molecule has 116 valence electrons. The van der Waals surface area contributed by atoms with E-state index in [1.807, 2.05) is 0 Å². The van der Waals surface area contributed by atoms with Gasteiger partial charge in [0.15, 0.2) is 12.4 Å². The second-order valence-electron chi connectivity index (χ2n) is 4.61. The topological polar surface area (TPSA) is 75.6 Å². The Kier molecular flexibility index (Phi) is 6.58. The van der Waals surface area contributed by atoms with Crippen LogP contribution in [-0.4, -0.2) is 29.6 Å². The first-order valence-corrected chi connectivity index (χ1v) is 7.15. The van der Waals surface area contributed by atoms with Crippen molar-refractivity contribution in [3.8, 4) is 5.75 Å². The first-order chi connectivity index (χ1) is 9.72. The van der Waals surface area contributed by atoms with Gasteiger partial charge < -0.3 is 15.2 Å². The molecule has 1 rings (SSSR count). The van der Waals surface area contributed by atoms with E-state index in [4.69, 9.17) is 44.6 Å². The quantitative estimate of drug-likeness (QED) is 0.822. The number of aliphatic carboxylic acids is 1. The lowest BCUT2D eigenvalue weighted by atomic mass is 10.1. The Morgan fingerprint density at radius 3 is 2.19 bits per heavy atom. The molecule has 0 saturated carbocycles. The zero-order valence-corrected chi connectivity index (χ0v) is 13.6. The number of carboxylic acids is 1. The van der Waals surface area contributed by atoms with Gasteiger partial charge in [0.2, 0.25) is 0 Å². The fourth-order valence-electron chi connectivity index (χ4n) is 1.53. The number of rotatable bonds is 6. The van der Waals surface area contributed by atoms with Crippen LogP contribution in [0.25, 0.3) is 0 Å². The third-order valence-corrected chi connectivity index (χ3v) is 3.34. The molecule has 0 aliphatic rings. The lowest BCUT2D eigenvalue weighted by Crippen LogP contribution is -2.46. The van der Waals surface area contributed by atoms with Crippen LogP contribution in [0.1, 0.15) is 13.8 Å². The van der Waals surface area contributed by atoms with E-state index in [-0.39, 0.29) is 21.7 Å². The second-order valence-corrected chi connectivity index (χ2v) is 5.87. The van der Waals surface area contributed by atoms with E-state index in [0.717, 1.165) is 0 Å². The Bertz CT molecular complexity index is 525. The third kappa shape index (κ3) is 5.26. The van der Waals surface area contributed by atoms with Crippen molar-refractivity contribution < 1.29 is 19.4 Å². The molecule has 0 aliphatic carbocycles. The van der Waals surface area contributed by atoms with Crippen LogP contribution in [-0.2, 0) is 9.59 Å². The normalized spacial score (nSPS) is 12.1. The van der Waals surface area contributed by atoms with Gasteiger partial charge in [-0.1, -0.05) is 48.7 Å². The summed E-state index contributed by atoms with van der Waals surface area (Å²) in [6.07, 6.45) is 0. The van der Waals surface area contributed by atoms with E-state index in [9.17, 15) is 9.59 Å². The Hall–Kier alpha value is -1.17. The largest absolute Gasteiger partial charge is 0.481 e. The maximum absolute atomic E-state index is 11.7. The van der Waals surface area contributed by atoms with Crippen LogP contribution >= 0.6 is 34.8 Å². The molecular formula is C13H14Cl3NO4. The number of carboxylic acid groups (broad SMARTS) is 1. The molecule has 0 aromatic heterocycles. The summed E-state index contributed by atoms with van der Waals surface area (Å²) in [6, 6.07) is 1.87. The van der Waals surface area contributed by atoms with E-state index in [1.54, 1.807) is 13.8 Å². The summed E-state index contributed by atoms with van der Waals surface area (Å²) in [5.41, 5.74) is 0. The van der Waals surface area contributed by atoms with Crippen molar-refractivity contribution >= 4 is 46.7 Å². The molecule has 0 spiro atoms. The molecule has 1 unspecified atom stereocenters. The highest BCUT2D eigenvalue weighted by Gasteiger charge is 2.23. The molecule has 0 radical (unpaired) electrons. The summed E-state index contributed by atoms with van der Waals surface area (Å²) in [4.78, 5) is 22.7. The fourth-order valence-corrected chi connectivity index (χ4v) is 2.46. The average Bonchev–Trinajstić information content (AvgIpc) is 2.33. The number of nitrogens with one attached hydrogen (secondary N) is 1. The van der Waals surface area contributed by atoms with Gasteiger partial charge in [0.25, 0.3) is 5.91 Å². The number of hydrogen-bond acceptors (Lipinski definition) is 3. The van der Waals surface area contributed by atoms with E-state index in [1.165, 1.54) is 12.1 Å². The molecule has 0 bridgehead atoms. The summed E-state index contributed by atoms with van der Waals surface area (Å²) < 4.78 is 5.22. The van der Waals surface area contributed by atoms with Crippen molar-refractivity contribution in [2.75, 3.05) is 6.61 Å². The van der Waals surface area contributed by atoms with E-state index in [0.29, 0.717) is 5.02 Å². The highest BCUT2D eigenvalue weighted by Crippen LogP contribution is 2.35. The minimum Gasteiger partial charge on any atom is -0.481 e. The van der Waals surface area contributed by atoms with Gasteiger partial charge in [0.05, 0.1) is 10.0 Å². The summed E-state index contributed by atoms with van der Waals surface area (Å²) in [6.45, 7) is 2.97. The number of amides is 1. The maximum Gasteiger partial charge on any atom is 0.326 e. The van der Waals surface area contributed by atoms with Crippen LogP contribution in [0.2, 0.25) is 15.1 Å². The molecule has 1 amide bonds. The first kappa shape index (κ1) is 17.9. The van der Waals surface area contributed by atoms with Crippen LogP contribution in [0, 0.1) is 5.92 Å². The minimum atomic E-state index is -1.11. The van der Waals surface area contributed by atoms with Crippen molar-refractivity contribution in [3.05, 3.63) is 27.2 Å². The van der Waals surface area contributed by atoms with Gasteiger partial charge >= 0.3 is 5.97 Å². The van der Waals surface area contributed by atoms with Crippen LogP contribution in [0.3, 0.4) is 0 Å². The molecule has 1 atom stereocenters. The third-order valence-electron chi connectivity index (χ3n) is 2.56. The molecule has 5 nitrogen and oxygen atoms in total. The summed E-state index contributed by atoms with van der Waals surface area (Å²) in [5, 5.41) is 12.0. The van der Waals surface area contributed by atoms with Gasteiger partial charge in [-0.2, -0.15) is 0 Å². The van der Waals surface area contributed by atoms with Crippen LogP contribution in [0.4, 0.5) is 0 Å². The first-order valence-electron chi connectivity index (χ1n) is 6.02. The Morgan fingerprint density at radius 1 is 1.24 bits per heavy atom. The van der Waals surface area contributed by atoms with Gasteiger partial charge in [-0.05, 0) is 18.1 Å². The summed E-state index contributed by atoms with van der Waals surface area (Å²) >= 11 is 17.6. The molecule has 0 saturated heterocycles. The van der Waals surface area contributed by atoms with Gasteiger partial charge in [0.1, 0.15) is 6.04 Å².